The number of hydrogen-bond donors (Lipinski definition) is 2. The maximum atomic E-state index is 9.64. The summed E-state index contributed by atoms with van der Waals surface area (Å²) in [6.07, 6.45) is 0. The largest absolute Gasteiger partial charge is 0.506 e. The summed E-state index contributed by atoms with van der Waals surface area (Å²) in [4.78, 5) is 4.37. The first-order valence-corrected chi connectivity index (χ1v) is 7.03. The average molecular weight is 346 g/mol. The van der Waals surface area contributed by atoms with Gasteiger partial charge in [-0.2, -0.15) is 4.98 Å². The van der Waals surface area contributed by atoms with Crippen LogP contribution in [0.2, 0.25) is 0 Å². The Kier molecular flexibility index (Phi) is 3.39. The van der Waals surface area contributed by atoms with Crippen LogP contribution in [-0.2, 0) is 0 Å². The molecule has 1 heterocycles. The van der Waals surface area contributed by atoms with Crippen LogP contribution in [0, 0.1) is 6.92 Å². The molecule has 1 aromatic heterocycles. The molecule has 0 amide bonds. The zero-order chi connectivity index (χ0) is 15.0. The number of aromatic nitrogens is 2. The fourth-order valence-electron chi connectivity index (χ4n) is 2.00. The van der Waals surface area contributed by atoms with Crippen LogP contribution >= 0.6 is 15.9 Å². The van der Waals surface area contributed by atoms with E-state index in [1.807, 2.05) is 25.1 Å². The molecule has 0 bridgehead atoms. The van der Waals surface area contributed by atoms with Crippen molar-refractivity contribution in [3.05, 3.63) is 46.4 Å². The predicted molar refractivity (Wildman–Crippen MR) is 83.7 cm³/mol. The molecular weight excluding hydrogens is 334 g/mol. The first-order valence-electron chi connectivity index (χ1n) is 6.23. The maximum Gasteiger partial charge on any atom is 0.258 e. The molecule has 0 spiro atoms. The van der Waals surface area contributed by atoms with Crippen molar-refractivity contribution in [3.63, 3.8) is 0 Å². The Morgan fingerprint density at radius 3 is 2.71 bits per heavy atom. The van der Waals surface area contributed by atoms with E-state index in [1.165, 1.54) is 6.07 Å². The second-order valence-electron chi connectivity index (χ2n) is 4.66. The SMILES string of the molecule is Cc1cc(Br)ccc1-c1noc(-c2ccc(N)c(O)c2)n1. The molecule has 0 fully saturated rings. The predicted octanol–water partition coefficient (Wildman–Crippen LogP) is 3.76. The van der Waals surface area contributed by atoms with Crippen molar-refractivity contribution >= 4 is 21.6 Å². The lowest BCUT2D eigenvalue weighted by Crippen LogP contribution is -1.87. The third kappa shape index (κ3) is 2.62. The van der Waals surface area contributed by atoms with Crippen LogP contribution in [0.15, 0.2) is 45.4 Å². The molecule has 0 saturated carbocycles. The second-order valence-corrected chi connectivity index (χ2v) is 5.57. The third-order valence-electron chi connectivity index (χ3n) is 3.13. The summed E-state index contributed by atoms with van der Waals surface area (Å²) in [5.74, 6) is 0.834. The van der Waals surface area contributed by atoms with Crippen LogP contribution in [0.25, 0.3) is 22.8 Å². The molecule has 0 saturated heterocycles. The third-order valence-corrected chi connectivity index (χ3v) is 3.63. The Bertz CT molecular complexity index is 814. The van der Waals surface area contributed by atoms with Gasteiger partial charge in [0.15, 0.2) is 0 Å². The Hall–Kier alpha value is -2.34. The number of benzene rings is 2. The number of aromatic hydroxyl groups is 1. The molecule has 3 N–H and O–H groups in total. The number of halogens is 1. The van der Waals surface area contributed by atoms with Crippen LogP contribution < -0.4 is 5.73 Å². The minimum atomic E-state index is -0.00734. The number of anilines is 1. The van der Waals surface area contributed by atoms with E-state index in [2.05, 4.69) is 26.1 Å². The van der Waals surface area contributed by atoms with Gasteiger partial charge in [0, 0.05) is 15.6 Å². The molecular formula is C15H12BrN3O2. The zero-order valence-electron chi connectivity index (χ0n) is 11.2. The molecule has 2 aromatic carbocycles. The van der Waals surface area contributed by atoms with Crippen molar-refractivity contribution < 1.29 is 9.63 Å². The van der Waals surface area contributed by atoms with Gasteiger partial charge in [-0.15, -0.1) is 0 Å². The van der Waals surface area contributed by atoms with Gasteiger partial charge in [-0.3, -0.25) is 0 Å². The van der Waals surface area contributed by atoms with Crippen molar-refractivity contribution in [3.8, 4) is 28.6 Å². The van der Waals surface area contributed by atoms with E-state index in [1.54, 1.807) is 12.1 Å². The van der Waals surface area contributed by atoms with Gasteiger partial charge in [-0.05, 0) is 48.9 Å². The number of phenolic OH excluding ortho intramolecular Hbond substituents is 1. The van der Waals surface area contributed by atoms with Crippen LogP contribution in [0.3, 0.4) is 0 Å². The number of nitrogen functional groups attached to an aromatic ring is 1. The number of aryl methyl sites for hydroxylation is 1. The van der Waals surface area contributed by atoms with Crippen molar-refractivity contribution in [1.29, 1.82) is 0 Å². The van der Waals surface area contributed by atoms with E-state index < -0.39 is 0 Å². The van der Waals surface area contributed by atoms with Crippen LogP contribution in [0.4, 0.5) is 5.69 Å². The summed E-state index contributed by atoms with van der Waals surface area (Å²) in [6, 6.07) is 10.7. The molecule has 0 aliphatic heterocycles. The van der Waals surface area contributed by atoms with Crippen molar-refractivity contribution in [2.75, 3.05) is 5.73 Å². The van der Waals surface area contributed by atoms with Gasteiger partial charge in [-0.1, -0.05) is 21.1 Å². The Balaban J connectivity index is 2.01. The van der Waals surface area contributed by atoms with Gasteiger partial charge >= 0.3 is 0 Å². The highest BCUT2D eigenvalue weighted by atomic mass is 79.9. The highest BCUT2D eigenvalue weighted by Gasteiger charge is 2.13. The summed E-state index contributed by atoms with van der Waals surface area (Å²) >= 11 is 3.42. The van der Waals surface area contributed by atoms with Crippen LogP contribution in [0.5, 0.6) is 5.75 Å². The second kappa shape index (κ2) is 5.21. The topological polar surface area (TPSA) is 85.2 Å². The quantitative estimate of drug-likeness (QED) is 0.545. The van der Waals surface area contributed by atoms with E-state index in [-0.39, 0.29) is 5.75 Å². The molecule has 0 atom stereocenters. The smallest absolute Gasteiger partial charge is 0.258 e. The standard InChI is InChI=1S/C15H12BrN3O2/c1-8-6-10(16)3-4-11(8)14-18-15(21-19-14)9-2-5-12(17)13(20)7-9/h2-7,20H,17H2,1H3. The Morgan fingerprint density at radius 2 is 2.00 bits per heavy atom. The summed E-state index contributed by atoms with van der Waals surface area (Å²) in [6.45, 7) is 1.98. The van der Waals surface area contributed by atoms with Gasteiger partial charge in [0.2, 0.25) is 5.82 Å². The Labute approximate surface area is 129 Å². The number of phenols is 1. The molecule has 5 nitrogen and oxygen atoms in total. The van der Waals surface area contributed by atoms with Crippen molar-refractivity contribution in [1.82, 2.24) is 10.1 Å². The van der Waals surface area contributed by atoms with E-state index in [0.29, 0.717) is 23.0 Å². The van der Waals surface area contributed by atoms with Crippen LogP contribution in [-0.4, -0.2) is 15.2 Å². The van der Waals surface area contributed by atoms with Gasteiger partial charge in [0.25, 0.3) is 5.89 Å². The monoisotopic (exact) mass is 345 g/mol. The molecule has 3 rings (SSSR count). The minimum absolute atomic E-state index is 0.00734. The summed E-state index contributed by atoms with van der Waals surface area (Å²) in [7, 11) is 0. The molecule has 0 unspecified atom stereocenters. The Morgan fingerprint density at radius 1 is 1.19 bits per heavy atom. The zero-order valence-corrected chi connectivity index (χ0v) is 12.8. The number of rotatable bonds is 2. The summed E-state index contributed by atoms with van der Waals surface area (Å²) in [5, 5.41) is 13.6. The molecule has 3 aromatic rings. The normalized spacial score (nSPS) is 10.8. The first-order chi connectivity index (χ1) is 10.0. The molecule has 0 aliphatic carbocycles. The molecule has 106 valence electrons. The average Bonchev–Trinajstić information content (AvgIpc) is 2.91. The molecule has 0 radical (unpaired) electrons. The number of hydrogen-bond acceptors (Lipinski definition) is 5. The summed E-state index contributed by atoms with van der Waals surface area (Å²) < 4.78 is 6.26. The van der Waals surface area contributed by atoms with E-state index in [9.17, 15) is 5.11 Å². The van der Waals surface area contributed by atoms with Gasteiger partial charge in [0.05, 0.1) is 5.69 Å². The lowest BCUT2D eigenvalue weighted by atomic mass is 10.1. The molecule has 0 aliphatic rings. The minimum Gasteiger partial charge on any atom is -0.506 e. The maximum absolute atomic E-state index is 9.64. The molecule has 21 heavy (non-hydrogen) atoms. The van der Waals surface area contributed by atoms with Crippen molar-refractivity contribution in [2.45, 2.75) is 6.92 Å². The van der Waals surface area contributed by atoms with Gasteiger partial charge in [0.1, 0.15) is 5.75 Å². The van der Waals surface area contributed by atoms with Crippen LogP contribution in [0.1, 0.15) is 5.56 Å². The van der Waals surface area contributed by atoms with Gasteiger partial charge < -0.3 is 15.4 Å². The first kappa shape index (κ1) is 13.6. The molecule has 6 heteroatoms. The van der Waals surface area contributed by atoms with Crippen molar-refractivity contribution in [2.24, 2.45) is 0 Å². The van der Waals surface area contributed by atoms with E-state index >= 15 is 0 Å². The highest BCUT2D eigenvalue weighted by molar-refractivity contribution is 9.10. The van der Waals surface area contributed by atoms with E-state index in [4.69, 9.17) is 10.3 Å². The summed E-state index contributed by atoms with van der Waals surface area (Å²) in [5.41, 5.74) is 8.44. The van der Waals surface area contributed by atoms with Gasteiger partial charge in [-0.25, -0.2) is 0 Å². The lowest BCUT2D eigenvalue weighted by molar-refractivity contribution is 0.431. The fourth-order valence-corrected chi connectivity index (χ4v) is 2.48. The van der Waals surface area contributed by atoms with E-state index in [0.717, 1.165) is 15.6 Å². The number of nitrogens with zero attached hydrogens (tertiary/aromatic N) is 2. The number of nitrogens with two attached hydrogens (primary N) is 1. The lowest BCUT2D eigenvalue weighted by Gasteiger charge is -2.01. The highest BCUT2D eigenvalue weighted by Crippen LogP contribution is 2.29. The fraction of sp³-hybridized carbons (Fsp3) is 0.0667.